The van der Waals surface area contributed by atoms with Gasteiger partial charge in [-0.25, -0.2) is 4.68 Å². The van der Waals surface area contributed by atoms with Crippen LogP contribution in [0, 0.1) is 31.6 Å². The van der Waals surface area contributed by atoms with Gasteiger partial charge in [0.05, 0.1) is 5.69 Å². The van der Waals surface area contributed by atoms with Gasteiger partial charge in [-0.15, -0.1) is 0 Å². The molecule has 5 rings (SSSR count). The molecule has 11 heteroatoms. The molecule has 244 valence electrons. The number of carbonyl (C=O) groups excluding carboxylic acids is 2. The van der Waals surface area contributed by atoms with Crippen molar-refractivity contribution in [2.75, 3.05) is 23.9 Å². The molecule has 2 aliphatic carbocycles. The Bertz CT molecular complexity index is 1440. The van der Waals surface area contributed by atoms with E-state index in [1.165, 1.54) is 0 Å². The maximum Gasteiger partial charge on any atom is 0.270 e. The van der Waals surface area contributed by atoms with Gasteiger partial charge in [-0.1, -0.05) is 31.8 Å². The molecule has 2 aliphatic rings. The van der Waals surface area contributed by atoms with E-state index in [-0.39, 0.29) is 17.7 Å². The smallest absolute Gasteiger partial charge is 0.270 e. The molecule has 2 heterocycles. The van der Waals surface area contributed by atoms with Crippen molar-refractivity contribution in [3.63, 3.8) is 0 Å². The first-order valence-corrected chi connectivity index (χ1v) is 21.5. The van der Waals surface area contributed by atoms with Gasteiger partial charge in [0.25, 0.3) is 5.91 Å². The number of amides is 2. The molecule has 2 fully saturated rings. The first-order chi connectivity index (χ1) is 21.6. The molecule has 0 aliphatic heterocycles. The van der Waals surface area contributed by atoms with Gasteiger partial charge in [0.1, 0.15) is 18.5 Å². The van der Waals surface area contributed by atoms with Crippen molar-refractivity contribution < 1.29 is 14.3 Å². The monoisotopic (exact) mass is 650 g/mol. The second kappa shape index (κ2) is 14.7. The highest BCUT2D eigenvalue weighted by molar-refractivity contribution is 7.98. The Labute approximate surface area is 273 Å². The zero-order chi connectivity index (χ0) is 32.1. The van der Waals surface area contributed by atoms with Gasteiger partial charge in [-0.05, 0) is 106 Å². The third-order valence-corrected chi connectivity index (χ3v) is 11.4. The number of thioether (sulfide) groups is 1. The van der Waals surface area contributed by atoms with Gasteiger partial charge in [0, 0.05) is 44.4 Å². The minimum atomic E-state index is -1.14. The Hall–Kier alpha value is -2.89. The van der Waals surface area contributed by atoms with Crippen LogP contribution in [-0.4, -0.2) is 64.1 Å². The average Bonchev–Trinajstić information content (AvgIpc) is 3.93. The van der Waals surface area contributed by atoms with Crippen molar-refractivity contribution in [3.05, 3.63) is 53.6 Å². The van der Waals surface area contributed by atoms with E-state index in [1.54, 1.807) is 28.7 Å². The molecule has 0 saturated heterocycles. The molecule has 45 heavy (non-hydrogen) atoms. The van der Waals surface area contributed by atoms with E-state index in [4.69, 9.17) is 9.84 Å². The molecule has 2 N–H and O–H groups in total. The van der Waals surface area contributed by atoms with E-state index in [0.29, 0.717) is 36.5 Å². The number of nitrogens with one attached hydrogen (secondary N) is 2. The van der Waals surface area contributed by atoms with Crippen LogP contribution in [0.5, 0.6) is 0 Å². The number of hydrogen-bond donors (Lipinski definition) is 2. The summed E-state index contributed by atoms with van der Waals surface area (Å²) in [5.41, 5.74) is 5.37. The molecule has 0 unspecified atom stereocenters. The highest BCUT2D eigenvalue weighted by atomic mass is 32.2. The van der Waals surface area contributed by atoms with Crippen molar-refractivity contribution in [2.45, 2.75) is 91.0 Å². The van der Waals surface area contributed by atoms with Crippen LogP contribution in [-0.2, 0) is 22.8 Å². The van der Waals surface area contributed by atoms with Gasteiger partial charge in [-0.2, -0.15) is 22.0 Å². The summed E-state index contributed by atoms with van der Waals surface area (Å²) >= 11 is 1.78. The van der Waals surface area contributed by atoms with Crippen molar-refractivity contribution >= 4 is 37.3 Å². The maximum atomic E-state index is 13.9. The molecule has 2 aromatic heterocycles. The number of anilines is 1. The number of aryl methyl sites for hydroxylation is 2. The van der Waals surface area contributed by atoms with Crippen LogP contribution in [0.2, 0.25) is 25.7 Å². The van der Waals surface area contributed by atoms with Gasteiger partial charge in [-0.3, -0.25) is 14.3 Å². The first kappa shape index (κ1) is 33.5. The van der Waals surface area contributed by atoms with Gasteiger partial charge < -0.3 is 15.4 Å². The van der Waals surface area contributed by atoms with Crippen LogP contribution in [0.15, 0.2) is 36.5 Å². The highest BCUT2D eigenvalue weighted by Crippen LogP contribution is 2.51. The summed E-state index contributed by atoms with van der Waals surface area (Å²) in [4.78, 5) is 27.4. The number of ether oxygens (including phenoxy) is 1. The predicted molar refractivity (Wildman–Crippen MR) is 185 cm³/mol. The summed E-state index contributed by atoms with van der Waals surface area (Å²) in [5.74, 6) is 1.76. The highest BCUT2D eigenvalue weighted by Gasteiger charge is 2.48. The standard InChI is InChI=1S/C34H50N6O3SSi/c1-23-30(24(2)40(38-23)22-43-19-21-45(4,5)6)25-12-14-28(15-13-25)36-34(42)32(31(26-8-9-26)27-10-11-27)37-33(41)29-16-17-35-39(29)18-7-20-44-3/h12-17,26-27,31-32H,7-11,18-22H2,1-6H3,(H,36,42)(H,37,41)/t32-/m0/s1. The zero-order valence-corrected chi connectivity index (χ0v) is 29.6. The summed E-state index contributed by atoms with van der Waals surface area (Å²) in [6.45, 7) is 13.0. The van der Waals surface area contributed by atoms with E-state index in [0.717, 1.165) is 73.0 Å². The van der Waals surface area contributed by atoms with E-state index in [9.17, 15) is 9.59 Å². The Morgan fingerprint density at radius 2 is 1.73 bits per heavy atom. The third-order valence-electron chi connectivity index (χ3n) is 8.99. The minimum absolute atomic E-state index is 0.149. The molecule has 0 bridgehead atoms. The maximum absolute atomic E-state index is 13.9. The molecular formula is C34H50N6O3SSi. The number of hydrogen-bond acceptors (Lipinski definition) is 6. The van der Waals surface area contributed by atoms with E-state index in [2.05, 4.69) is 48.6 Å². The number of aromatic nitrogens is 4. The Morgan fingerprint density at radius 3 is 2.36 bits per heavy atom. The van der Waals surface area contributed by atoms with Crippen LogP contribution in [0.3, 0.4) is 0 Å². The number of benzene rings is 1. The van der Waals surface area contributed by atoms with Crippen LogP contribution in [0.25, 0.3) is 11.1 Å². The van der Waals surface area contributed by atoms with Crippen LogP contribution < -0.4 is 10.6 Å². The van der Waals surface area contributed by atoms with Crippen molar-refractivity contribution in [3.8, 4) is 11.1 Å². The largest absolute Gasteiger partial charge is 0.360 e. The summed E-state index contributed by atoms with van der Waals surface area (Å²) in [5, 5.41) is 15.4. The molecule has 1 aromatic carbocycles. The number of nitrogens with zero attached hydrogens (tertiary/aromatic N) is 4. The predicted octanol–water partition coefficient (Wildman–Crippen LogP) is 6.60. The van der Waals surface area contributed by atoms with Crippen LogP contribution in [0.4, 0.5) is 5.69 Å². The van der Waals surface area contributed by atoms with E-state index < -0.39 is 14.1 Å². The fourth-order valence-electron chi connectivity index (χ4n) is 6.22. The zero-order valence-electron chi connectivity index (χ0n) is 27.8. The van der Waals surface area contributed by atoms with Crippen molar-refractivity contribution in [2.24, 2.45) is 17.8 Å². The fraction of sp³-hybridized carbons (Fsp3) is 0.588. The lowest BCUT2D eigenvalue weighted by molar-refractivity contribution is -0.119. The SMILES string of the molecule is CSCCCn1nccc1C(=O)N[C@H](C(=O)Nc1ccc(-c2c(C)nn(COCC[Si](C)(C)C)c2C)cc1)C(C1CC1)C1CC1. The summed E-state index contributed by atoms with van der Waals surface area (Å²) < 4.78 is 9.65. The lowest BCUT2D eigenvalue weighted by Crippen LogP contribution is -2.50. The molecular weight excluding hydrogens is 601 g/mol. The Kier molecular flexibility index (Phi) is 10.9. The topological polar surface area (TPSA) is 103 Å². The fourth-order valence-corrected chi connectivity index (χ4v) is 7.39. The molecule has 2 amide bonds. The molecule has 9 nitrogen and oxygen atoms in total. The van der Waals surface area contributed by atoms with Gasteiger partial charge in [0.15, 0.2) is 0 Å². The average molecular weight is 651 g/mol. The first-order valence-electron chi connectivity index (χ1n) is 16.4. The van der Waals surface area contributed by atoms with Crippen molar-refractivity contribution in [1.29, 1.82) is 0 Å². The number of carbonyl (C=O) groups is 2. The summed E-state index contributed by atoms with van der Waals surface area (Å²) in [7, 11) is -1.14. The quantitative estimate of drug-likeness (QED) is 0.126. The molecule has 2 saturated carbocycles. The molecule has 0 radical (unpaired) electrons. The summed E-state index contributed by atoms with van der Waals surface area (Å²) in [6, 6.07) is 10.2. The van der Waals surface area contributed by atoms with Gasteiger partial charge in [0.2, 0.25) is 5.91 Å². The second-order valence-electron chi connectivity index (χ2n) is 13.9. The van der Waals surface area contributed by atoms with Gasteiger partial charge >= 0.3 is 0 Å². The molecule has 3 aromatic rings. The van der Waals surface area contributed by atoms with Crippen LogP contribution in [0.1, 0.15) is 54.0 Å². The van der Waals surface area contributed by atoms with Crippen molar-refractivity contribution in [1.82, 2.24) is 24.9 Å². The van der Waals surface area contributed by atoms with E-state index in [1.807, 2.05) is 35.9 Å². The third kappa shape index (κ3) is 8.89. The van der Waals surface area contributed by atoms with Crippen LogP contribution >= 0.6 is 11.8 Å². The Morgan fingerprint density at radius 1 is 1.04 bits per heavy atom. The molecule has 1 atom stereocenters. The number of rotatable bonds is 17. The van der Waals surface area contributed by atoms with E-state index >= 15 is 0 Å². The Balaban J connectivity index is 1.27. The lowest BCUT2D eigenvalue weighted by atomic mass is 9.88. The normalized spacial score (nSPS) is 15.8. The summed E-state index contributed by atoms with van der Waals surface area (Å²) in [6.07, 6.45) is 9.17. The minimum Gasteiger partial charge on any atom is -0.360 e. The lowest BCUT2D eigenvalue weighted by Gasteiger charge is -2.27. The molecule has 0 spiro atoms. The second-order valence-corrected chi connectivity index (χ2v) is 20.6.